The van der Waals surface area contributed by atoms with Gasteiger partial charge in [0.1, 0.15) is 5.75 Å². The number of aryl methyl sites for hydroxylation is 1. The van der Waals surface area contributed by atoms with Crippen molar-refractivity contribution >= 4 is 32.1 Å². The predicted molar refractivity (Wildman–Crippen MR) is 89.3 cm³/mol. The standard InChI is InChI=1S/C14H20F3IO2Si/c1-21-8-7-19-10-20-13-5-4-11(3-2-6-18)9-12(13)14(15,16)17/h4-5,9H,2-3,6-8,10,21H2,1H3. The fourth-order valence-corrected chi connectivity index (χ4v) is 2.64. The molecule has 1 aromatic carbocycles. The number of halogens is 4. The zero-order valence-corrected chi connectivity index (χ0v) is 15.6. The highest BCUT2D eigenvalue weighted by Gasteiger charge is 2.34. The first kappa shape index (κ1) is 18.8. The Morgan fingerprint density at radius 3 is 2.67 bits per heavy atom. The van der Waals surface area contributed by atoms with Crippen molar-refractivity contribution in [1.29, 1.82) is 0 Å². The maximum absolute atomic E-state index is 13.1. The first-order valence-corrected chi connectivity index (χ1v) is 10.9. The molecule has 120 valence electrons. The molecule has 0 saturated heterocycles. The van der Waals surface area contributed by atoms with Crippen LogP contribution in [0.1, 0.15) is 17.5 Å². The number of hydrogen-bond donors (Lipinski definition) is 0. The summed E-state index contributed by atoms with van der Waals surface area (Å²) in [6, 6.07) is 5.27. The van der Waals surface area contributed by atoms with Crippen molar-refractivity contribution in [3.8, 4) is 5.75 Å². The van der Waals surface area contributed by atoms with Crippen molar-refractivity contribution in [2.24, 2.45) is 0 Å². The van der Waals surface area contributed by atoms with Crippen LogP contribution >= 0.6 is 22.6 Å². The fraction of sp³-hybridized carbons (Fsp3) is 0.571. The SMILES string of the molecule is C[SiH2]CCOCOc1ccc(CCCI)cc1C(F)(F)F. The summed E-state index contributed by atoms with van der Waals surface area (Å²) in [4.78, 5) is 0. The topological polar surface area (TPSA) is 18.5 Å². The van der Waals surface area contributed by atoms with E-state index < -0.39 is 11.7 Å². The molecule has 0 bridgehead atoms. The number of hydrogen-bond acceptors (Lipinski definition) is 2. The number of rotatable bonds is 9. The van der Waals surface area contributed by atoms with Crippen molar-refractivity contribution in [2.75, 3.05) is 17.8 Å². The van der Waals surface area contributed by atoms with E-state index in [1.807, 2.05) is 0 Å². The van der Waals surface area contributed by atoms with E-state index in [0.717, 1.165) is 16.9 Å². The van der Waals surface area contributed by atoms with Gasteiger partial charge in [0.25, 0.3) is 0 Å². The average molecular weight is 432 g/mol. The van der Waals surface area contributed by atoms with E-state index in [4.69, 9.17) is 9.47 Å². The van der Waals surface area contributed by atoms with Gasteiger partial charge in [-0.15, -0.1) is 0 Å². The van der Waals surface area contributed by atoms with Gasteiger partial charge in [-0.3, -0.25) is 0 Å². The van der Waals surface area contributed by atoms with Gasteiger partial charge in [-0.25, -0.2) is 0 Å². The second-order valence-electron chi connectivity index (χ2n) is 4.64. The summed E-state index contributed by atoms with van der Waals surface area (Å²) in [5, 5.41) is 0. The second-order valence-corrected chi connectivity index (χ2v) is 7.43. The van der Waals surface area contributed by atoms with Gasteiger partial charge in [-0.05, 0) is 41.0 Å². The Kier molecular flexibility index (Phi) is 8.65. The molecule has 0 aliphatic rings. The highest BCUT2D eigenvalue weighted by Crippen LogP contribution is 2.37. The molecule has 0 aromatic heterocycles. The Balaban J connectivity index is 2.73. The van der Waals surface area contributed by atoms with E-state index >= 15 is 0 Å². The van der Waals surface area contributed by atoms with E-state index in [1.165, 1.54) is 12.1 Å². The normalized spacial score (nSPS) is 12.2. The molecule has 0 radical (unpaired) electrons. The Morgan fingerprint density at radius 1 is 1.29 bits per heavy atom. The van der Waals surface area contributed by atoms with Crippen LogP contribution in [0, 0.1) is 0 Å². The summed E-state index contributed by atoms with van der Waals surface area (Å²) < 4.78 is 50.4. The maximum atomic E-state index is 13.1. The molecule has 0 unspecified atom stereocenters. The Morgan fingerprint density at radius 2 is 2.05 bits per heavy atom. The molecule has 2 nitrogen and oxygen atoms in total. The van der Waals surface area contributed by atoms with Crippen LogP contribution < -0.4 is 4.74 Å². The van der Waals surface area contributed by atoms with Crippen LogP contribution in [-0.4, -0.2) is 27.3 Å². The van der Waals surface area contributed by atoms with E-state index in [0.29, 0.717) is 18.6 Å². The third kappa shape index (κ3) is 7.01. The number of alkyl halides is 4. The quantitative estimate of drug-likeness (QED) is 0.193. The maximum Gasteiger partial charge on any atom is 0.419 e. The summed E-state index contributed by atoms with van der Waals surface area (Å²) in [7, 11) is -0.0820. The Hall–Kier alpha value is -0.283. The van der Waals surface area contributed by atoms with Crippen LogP contribution in [0.3, 0.4) is 0 Å². The van der Waals surface area contributed by atoms with Crippen LogP contribution in [0.5, 0.6) is 5.75 Å². The lowest BCUT2D eigenvalue weighted by Crippen LogP contribution is -2.12. The van der Waals surface area contributed by atoms with E-state index in [-0.39, 0.29) is 22.1 Å². The molecule has 0 heterocycles. The van der Waals surface area contributed by atoms with Gasteiger partial charge in [0.2, 0.25) is 0 Å². The highest BCUT2D eigenvalue weighted by atomic mass is 127. The largest absolute Gasteiger partial charge is 0.467 e. The molecule has 1 aromatic rings. The smallest absolute Gasteiger partial charge is 0.419 e. The minimum absolute atomic E-state index is 0.0820. The molecule has 0 aliphatic carbocycles. The first-order valence-electron chi connectivity index (χ1n) is 6.95. The van der Waals surface area contributed by atoms with Gasteiger partial charge < -0.3 is 9.47 Å². The van der Waals surface area contributed by atoms with Gasteiger partial charge in [-0.1, -0.05) is 35.2 Å². The van der Waals surface area contributed by atoms with E-state index in [1.54, 1.807) is 6.07 Å². The van der Waals surface area contributed by atoms with Crippen molar-refractivity contribution in [2.45, 2.75) is 31.6 Å². The third-order valence-corrected chi connectivity index (χ3v) is 4.65. The molecule has 1 rings (SSSR count). The van der Waals surface area contributed by atoms with Crippen LogP contribution in [0.25, 0.3) is 0 Å². The molecular formula is C14H20F3IO2Si. The van der Waals surface area contributed by atoms with Gasteiger partial charge in [0, 0.05) is 16.1 Å². The van der Waals surface area contributed by atoms with Crippen LogP contribution in [0.15, 0.2) is 18.2 Å². The van der Waals surface area contributed by atoms with Crippen LogP contribution in [0.2, 0.25) is 12.6 Å². The molecule has 0 N–H and O–H groups in total. The Bertz CT molecular complexity index is 427. The fourth-order valence-electron chi connectivity index (χ4n) is 1.76. The lowest BCUT2D eigenvalue weighted by molar-refractivity contribution is -0.139. The van der Waals surface area contributed by atoms with Gasteiger partial charge in [-0.2, -0.15) is 13.2 Å². The molecule has 0 atom stereocenters. The van der Waals surface area contributed by atoms with E-state index in [9.17, 15) is 13.2 Å². The first-order chi connectivity index (χ1) is 9.99. The average Bonchev–Trinajstić information content (AvgIpc) is 2.44. The molecule has 0 fully saturated rings. The molecule has 21 heavy (non-hydrogen) atoms. The van der Waals surface area contributed by atoms with Crippen molar-refractivity contribution < 1.29 is 22.6 Å². The molecular weight excluding hydrogens is 412 g/mol. The van der Waals surface area contributed by atoms with E-state index in [2.05, 4.69) is 29.1 Å². The molecule has 0 amide bonds. The summed E-state index contributed by atoms with van der Waals surface area (Å²) in [6.07, 6.45) is -2.90. The van der Waals surface area contributed by atoms with Crippen molar-refractivity contribution in [3.63, 3.8) is 0 Å². The minimum Gasteiger partial charge on any atom is -0.467 e. The zero-order valence-electron chi connectivity index (χ0n) is 12.0. The molecule has 0 saturated carbocycles. The van der Waals surface area contributed by atoms with Gasteiger partial charge in [0.15, 0.2) is 6.79 Å². The number of benzene rings is 1. The monoisotopic (exact) mass is 432 g/mol. The minimum atomic E-state index is -4.41. The summed E-state index contributed by atoms with van der Waals surface area (Å²) in [5.41, 5.74) is -0.0360. The second kappa shape index (κ2) is 9.68. The van der Waals surface area contributed by atoms with Gasteiger partial charge >= 0.3 is 6.18 Å². The molecule has 7 heteroatoms. The highest BCUT2D eigenvalue weighted by molar-refractivity contribution is 14.1. The lowest BCUT2D eigenvalue weighted by atomic mass is 10.1. The third-order valence-electron chi connectivity index (χ3n) is 2.89. The number of ether oxygens (including phenoxy) is 2. The van der Waals surface area contributed by atoms with Crippen molar-refractivity contribution in [1.82, 2.24) is 0 Å². The van der Waals surface area contributed by atoms with Crippen LogP contribution in [0.4, 0.5) is 13.2 Å². The zero-order chi connectivity index (χ0) is 15.7. The van der Waals surface area contributed by atoms with Crippen LogP contribution in [-0.2, 0) is 17.3 Å². The predicted octanol–water partition coefficient (Wildman–Crippen LogP) is 4.06. The van der Waals surface area contributed by atoms with Gasteiger partial charge in [0.05, 0.1) is 5.56 Å². The molecule has 0 spiro atoms. The summed E-state index contributed by atoms with van der Waals surface area (Å²) >= 11 is 2.21. The summed E-state index contributed by atoms with van der Waals surface area (Å²) in [6.45, 7) is 2.57. The Labute approximate surface area is 139 Å². The lowest BCUT2D eigenvalue weighted by Gasteiger charge is -2.15. The summed E-state index contributed by atoms with van der Waals surface area (Å²) in [5.74, 6) is -0.158. The van der Waals surface area contributed by atoms with Crippen molar-refractivity contribution in [3.05, 3.63) is 29.3 Å². The molecule has 0 aliphatic heterocycles.